The van der Waals surface area contributed by atoms with E-state index in [4.69, 9.17) is 16.3 Å². The Morgan fingerprint density at radius 1 is 1.30 bits per heavy atom. The molecule has 1 aromatic carbocycles. The highest BCUT2D eigenvalue weighted by molar-refractivity contribution is 7.89. The average molecular weight is 454 g/mol. The number of ether oxygens (including phenoxy) is 1. The summed E-state index contributed by atoms with van der Waals surface area (Å²) in [4.78, 5) is 17.0. The van der Waals surface area contributed by atoms with Gasteiger partial charge >= 0.3 is 0 Å². The highest BCUT2D eigenvalue weighted by atomic mass is 35.5. The summed E-state index contributed by atoms with van der Waals surface area (Å²) in [6, 6.07) is 7.47. The third-order valence-corrected chi connectivity index (χ3v) is 6.97. The number of hydrogen-bond acceptors (Lipinski definition) is 5. The van der Waals surface area contributed by atoms with Crippen molar-refractivity contribution in [2.45, 2.75) is 51.1 Å². The van der Waals surface area contributed by atoms with Gasteiger partial charge in [-0.15, -0.1) is 0 Å². The minimum Gasteiger partial charge on any atom is -0.477 e. The smallest absolute Gasteiger partial charge is 0.253 e. The van der Waals surface area contributed by atoms with Gasteiger partial charge in [0.25, 0.3) is 5.91 Å². The van der Waals surface area contributed by atoms with E-state index in [-0.39, 0.29) is 28.1 Å². The van der Waals surface area contributed by atoms with Gasteiger partial charge in [0, 0.05) is 31.4 Å². The summed E-state index contributed by atoms with van der Waals surface area (Å²) in [6.45, 7) is 6.33. The molecule has 0 spiro atoms. The molecule has 0 fully saturated rings. The number of benzene rings is 1. The molecule has 9 heteroatoms. The number of aromatic nitrogens is 1. The van der Waals surface area contributed by atoms with E-state index >= 15 is 0 Å². The summed E-state index contributed by atoms with van der Waals surface area (Å²) in [6.07, 6.45) is 3.54. The van der Waals surface area contributed by atoms with Crippen molar-refractivity contribution < 1.29 is 17.9 Å². The normalized spacial score (nSPS) is 11.7. The van der Waals surface area contributed by atoms with E-state index < -0.39 is 15.9 Å². The van der Waals surface area contributed by atoms with Crippen LogP contribution in [0.3, 0.4) is 0 Å². The highest BCUT2D eigenvalue weighted by Crippen LogP contribution is 2.24. The van der Waals surface area contributed by atoms with Crippen LogP contribution >= 0.6 is 11.6 Å². The summed E-state index contributed by atoms with van der Waals surface area (Å²) < 4.78 is 32.4. The first-order valence-corrected chi connectivity index (χ1v) is 11.6. The Balaban J connectivity index is 2.19. The molecule has 0 saturated heterocycles. The molecule has 1 N–H and O–H groups in total. The molecule has 2 aromatic rings. The van der Waals surface area contributed by atoms with Crippen molar-refractivity contribution in [3.05, 3.63) is 52.7 Å². The Labute approximate surface area is 183 Å². The number of carbonyl (C=O) groups is 1. The van der Waals surface area contributed by atoms with Crippen molar-refractivity contribution >= 4 is 27.5 Å². The second-order valence-corrected chi connectivity index (χ2v) is 9.51. The van der Waals surface area contributed by atoms with Crippen LogP contribution in [0.25, 0.3) is 0 Å². The first-order chi connectivity index (χ1) is 14.2. The molecule has 0 bridgehead atoms. The van der Waals surface area contributed by atoms with Crippen LogP contribution in [0, 0.1) is 0 Å². The van der Waals surface area contributed by atoms with Gasteiger partial charge in [0.2, 0.25) is 15.9 Å². The molecule has 0 saturated carbocycles. The summed E-state index contributed by atoms with van der Waals surface area (Å²) >= 11 is 6.17. The Bertz CT molecular complexity index is 980. The first kappa shape index (κ1) is 24.1. The number of nitrogens with zero attached hydrogens (tertiary/aromatic N) is 2. The number of carbonyl (C=O) groups excluding carboxylic acids is 1. The average Bonchev–Trinajstić information content (AvgIpc) is 2.72. The number of hydrogen-bond donors (Lipinski definition) is 1. The van der Waals surface area contributed by atoms with E-state index in [1.54, 1.807) is 26.1 Å². The molecule has 0 aliphatic heterocycles. The third kappa shape index (κ3) is 5.93. The quantitative estimate of drug-likeness (QED) is 0.551. The third-order valence-electron chi connectivity index (χ3n) is 4.61. The van der Waals surface area contributed by atoms with Gasteiger partial charge < -0.3 is 10.1 Å². The molecule has 1 aromatic heterocycles. The fourth-order valence-electron chi connectivity index (χ4n) is 2.56. The number of sulfonamides is 1. The Morgan fingerprint density at radius 2 is 2.03 bits per heavy atom. The first-order valence-electron chi connectivity index (χ1n) is 9.81. The molecular weight excluding hydrogens is 426 g/mol. The molecule has 1 amide bonds. The minimum atomic E-state index is -3.73. The largest absolute Gasteiger partial charge is 0.477 e. The van der Waals surface area contributed by atoms with Crippen molar-refractivity contribution in [3.8, 4) is 5.88 Å². The summed E-state index contributed by atoms with van der Waals surface area (Å²) in [5.74, 6) is -0.0140. The lowest BCUT2D eigenvalue weighted by Gasteiger charge is -2.21. The van der Waals surface area contributed by atoms with Gasteiger partial charge in [-0.1, -0.05) is 31.0 Å². The van der Waals surface area contributed by atoms with Crippen LogP contribution < -0.4 is 10.1 Å². The summed E-state index contributed by atoms with van der Waals surface area (Å²) in [5.41, 5.74) is 0.814. The predicted octanol–water partition coefficient (Wildman–Crippen LogP) is 3.87. The van der Waals surface area contributed by atoms with Crippen LogP contribution in [0.5, 0.6) is 5.88 Å². The van der Waals surface area contributed by atoms with Gasteiger partial charge in [0.1, 0.15) is 0 Å². The molecule has 0 aliphatic rings. The maximum atomic E-state index is 12.7. The minimum absolute atomic E-state index is 0.0122. The summed E-state index contributed by atoms with van der Waals surface area (Å²) in [7, 11) is -2.24. The van der Waals surface area contributed by atoms with E-state index in [9.17, 15) is 13.2 Å². The predicted molar refractivity (Wildman–Crippen MR) is 117 cm³/mol. The zero-order chi connectivity index (χ0) is 22.3. The van der Waals surface area contributed by atoms with E-state index in [2.05, 4.69) is 17.2 Å². The Morgan fingerprint density at radius 3 is 2.70 bits per heavy atom. The van der Waals surface area contributed by atoms with Gasteiger partial charge in [-0.25, -0.2) is 13.4 Å². The standard InChI is InChI=1S/C21H28ClN3O4S/c1-5-6-12-29-21-16(8-7-11-23-21)14-24-20(26)18-13-17(9-10-19(18)22)30(27,28)25(4)15(2)3/h7-11,13,15H,5-6,12,14H2,1-4H3,(H,24,26). The molecular formula is C21H28ClN3O4S. The molecule has 2 rings (SSSR count). The number of rotatable bonds is 10. The van der Waals surface area contributed by atoms with Gasteiger partial charge in [0.05, 0.1) is 22.1 Å². The molecule has 0 unspecified atom stereocenters. The van der Waals surface area contributed by atoms with Gasteiger partial charge in [-0.05, 0) is 44.5 Å². The number of halogens is 1. The lowest BCUT2D eigenvalue weighted by atomic mass is 10.2. The van der Waals surface area contributed by atoms with E-state index in [0.29, 0.717) is 12.5 Å². The zero-order valence-electron chi connectivity index (χ0n) is 17.7. The van der Waals surface area contributed by atoms with Gasteiger partial charge in [-0.3, -0.25) is 4.79 Å². The van der Waals surface area contributed by atoms with Gasteiger partial charge in [-0.2, -0.15) is 4.31 Å². The van der Waals surface area contributed by atoms with Crippen molar-refractivity contribution in [1.29, 1.82) is 0 Å². The highest BCUT2D eigenvalue weighted by Gasteiger charge is 2.25. The Hall–Kier alpha value is -2.16. The van der Waals surface area contributed by atoms with Crippen molar-refractivity contribution in [2.75, 3.05) is 13.7 Å². The monoisotopic (exact) mass is 453 g/mol. The van der Waals surface area contributed by atoms with Crippen LogP contribution in [-0.4, -0.2) is 43.3 Å². The van der Waals surface area contributed by atoms with Crippen LogP contribution in [0.15, 0.2) is 41.4 Å². The van der Waals surface area contributed by atoms with Gasteiger partial charge in [0.15, 0.2) is 0 Å². The lowest BCUT2D eigenvalue weighted by molar-refractivity contribution is 0.0950. The SMILES string of the molecule is CCCCOc1ncccc1CNC(=O)c1cc(S(=O)(=O)N(C)C(C)C)ccc1Cl. The molecule has 164 valence electrons. The van der Waals surface area contributed by atoms with Crippen LogP contribution in [0.2, 0.25) is 5.02 Å². The van der Waals surface area contributed by atoms with Crippen LogP contribution in [0.4, 0.5) is 0 Å². The lowest BCUT2D eigenvalue weighted by Crippen LogP contribution is -2.33. The maximum Gasteiger partial charge on any atom is 0.253 e. The molecule has 0 atom stereocenters. The zero-order valence-corrected chi connectivity index (χ0v) is 19.3. The molecule has 1 heterocycles. The Kier molecular flexibility index (Phi) is 8.64. The fraction of sp³-hybridized carbons (Fsp3) is 0.429. The molecule has 30 heavy (non-hydrogen) atoms. The van der Waals surface area contributed by atoms with Crippen molar-refractivity contribution in [1.82, 2.24) is 14.6 Å². The topological polar surface area (TPSA) is 88.6 Å². The maximum absolute atomic E-state index is 12.7. The van der Waals surface area contributed by atoms with Crippen LogP contribution in [-0.2, 0) is 16.6 Å². The van der Waals surface area contributed by atoms with E-state index in [1.165, 1.54) is 29.6 Å². The van der Waals surface area contributed by atoms with Crippen LogP contribution in [0.1, 0.15) is 49.5 Å². The van der Waals surface area contributed by atoms with Crippen molar-refractivity contribution in [2.24, 2.45) is 0 Å². The number of amides is 1. The van der Waals surface area contributed by atoms with E-state index in [1.807, 2.05) is 6.07 Å². The second kappa shape index (κ2) is 10.7. The number of nitrogens with one attached hydrogen (secondary N) is 1. The molecule has 0 radical (unpaired) electrons. The fourth-order valence-corrected chi connectivity index (χ4v) is 4.15. The molecule has 0 aliphatic carbocycles. The second-order valence-electron chi connectivity index (χ2n) is 7.11. The number of unbranched alkanes of at least 4 members (excludes halogenated alkanes) is 1. The van der Waals surface area contributed by atoms with E-state index in [0.717, 1.165) is 18.4 Å². The number of pyridine rings is 1. The molecule has 7 nitrogen and oxygen atoms in total. The summed E-state index contributed by atoms with van der Waals surface area (Å²) in [5, 5.41) is 2.94. The van der Waals surface area contributed by atoms with Crippen molar-refractivity contribution in [3.63, 3.8) is 0 Å².